The Labute approximate surface area is 286 Å². The lowest BCUT2D eigenvalue weighted by molar-refractivity contribution is -0.142. The molecule has 0 spiro atoms. The summed E-state index contributed by atoms with van der Waals surface area (Å²) < 4.78 is 62.9. The number of aryl methyl sites for hydroxylation is 1. The van der Waals surface area contributed by atoms with Crippen LogP contribution in [0.15, 0.2) is 30.9 Å². The second kappa shape index (κ2) is 15.1. The summed E-state index contributed by atoms with van der Waals surface area (Å²) in [5.41, 5.74) is 3.07. The molecule has 12 nitrogen and oxygen atoms in total. The molecule has 15 heteroatoms. The van der Waals surface area contributed by atoms with Gasteiger partial charge >= 0.3 is 6.09 Å². The molecular formula is C34H47F2N5O7S. The molecule has 3 aliphatic heterocycles. The SMILES string of the molecule is C=CCC(NC(=O)[C@@H]1C[C@@H]2CN1C(=O)[C@H](C(C)C)NCC(F)(F)CCCCCc1cccc3c1CN(C3)C(=O)O2)C(=O)NS(=O)(=O)C1CC1. The fourth-order valence-electron chi connectivity index (χ4n) is 6.80. The number of hydrogen-bond acceptors (Lipinski definition) is 8. The number of carbonyl (C=O) groups excluding carboxylic acids is 4. The van der Waals surface area contributed by atoms with Gasteiger partial charge in [0, 0.05) is 25.9 Å². The molecule has 1 aliphatic carbocycles. The van der Waals surface area contributed by atoms with Gasteiger partial charge in [-0.25, -0.2) is 22.0 Å². The van der Waals surface area contributed by atoms with Gasteiger partial charge in [-0.15, -0.1) is 6.58 Å². The van der Waals surface area contributed by atoms with Gasteiger partial charge in [-0.1, -0.05) is 44.5 Å². The van der Waals surface area contributed by atoms with Crippen LogP contribution in [0.4, 0.5) is 13.6 Å². The number of sulfonamides is 1. The van der Waals surface area contributed by atoms with Crippen LogP contribution in [-0.2, 0) is 48.7 Å². The third-order valence-electron chi connectivity index (χ3n) is 9.70. The van der Waals surface area contributed by atoms with Crippen molar-refractivity contribution in [3.8, 4) is 0 Å². The maximum atomic E-state index is 15.0. The minimum absolute atomic E-state index is 0.0976. The van der Waals surface area contributed by atoms with E-state index in [1.807, 2.05) is 22.9 Å². The van der Waals surface area contributed by atoms with Crippen LogP contribution in [0, 0.1) is 5.92 Å². The summed E-state index contributed by atoms with van der Waals surface area (Å²) in [6.07, 6.45) is 2.48. The molecule has 1 aromatic rings. The molecule has 1 saturated heterocycles. The van der Waals surface area contributed by atoms with E-state index in [4.69, 9.17) is 4.74 Å². The van der Waals surface area contributed by atoms with E-state index >= 15 is 8.78 Å². The lowest BCUT2D eigenvalue weighted by Crippen LogP contribution is -2.57. The first kappa shape index (κ1) is 36.7. The molecule has 1 aromatic carbocycles. The van der Waals surface area contributed by atoms with Crippen molar-refractivity contribution >= 4 is 33.8 Å². The van der Waals surface area contributed by atoms with Crippen LogP contribution in [0.3, 0.4) is 0 Å². The van der Waals surface area contributed by atoms with Crippen LogP contribution in [0.2, 0.25) is 0 Å². The third-order valence-corrected chi connectivity index (χ3v) is 11.5. The van der Waals surface area contributed by atoms with Crippen molar-refractivity contribution in [1.29, 1.82) is 0 Å². The number of benzene rings is 1. The predicted octanol–water partition coefficient (Wildman–Crippen LogP) is 3.14. The number of halogens is 2. The zero-order chi connectivity index (χ0) is 35.5. The minimum Gasteiger partial charge on any atom is -0.444 e. The zero-order valence-electron chi connectivity index (χ0n) is 28.1. The number of nitrogens with one attached hydrogen (secondary N) is 3. The minimum atomic E-state index is -3.90. The van der Waals surface area contributed by atoms with Gasteiger partial charge in [0.05, 0.1) is 24.4 Å². The van der Waals surface area contributed by atoms with Crippen LogP contribution >= 0.6 is 0 Å². The van der Waals surface area contributed by atoms with Crippen LogP contribution in [-0.4, -0.2) is 90.5 Å². The van der Waals surface area contributed by atoms with Crippen molar-refractivity contribution in [2.45, 2.75) is 120 Å². The number of amides is 4. The third kappa shape index (κ3) is 8.96. The number of nitrogens with zero attached hydrogens (tertiary/aromatic N) is 2. The van der Waals surface area contributed by atoms with Gasteiger partial charge < -0.3 is 15.0 Å². The first-order valence-corrected chi connectivity index (χ1v) is 18.7. The van der Waals surface area contributed by atoms with E-state index in [0.717, 1.165) is 23.1 Å². The summed E-state index contributed by atoms with van der Waals surface area (Å²) in [7, 11) is -3.90. The fourth-order valence-corrected chi connectivity index (χ4v) is 8.14. The maximum Gasteiger partial charge on any atom is 0.410 e. The van der Waals surface area contributed by atoms with Crippen molar-refractivity contribution in [1.82, 2.24) is 25.2 Å². The van der Waals surface area contributed by atoms with E-state index in [0.29, 0.717) is 45.2 Å². The van der Waals surface area contributed by atoms with E-state index in [-0.39, 0.29) is 25.8 Å². The molecule has 2 fully saturated rings. The monoisotopic (exact) mass is 707 g/mol. The van der Waals surface area contributed by atoms with Crippen molar-refractivity contribution in [2.24, 2.45) is 5.92 Å². The molecule has 49 heavy (non-hydrogen) atoms. The Morgan fingerprint density at radius 3 is 2.57 bits per heavy atom. The Balaban J connectivity index is 1.39. The zero-order valence-corrected chi connectivity index (χ0v) is 28.9. The molecule has 4 aliphatic rings. The molecule has 0 radical (unpaired) electrons. The maximum absolute atomic E-state index is 15.0. The molecule has 0 aromatic heterocycles. The van der Waals surface area contributed by atoms with Crippen LogP contribution in [0.1, 0.15) is 81.9 Å². The Bertz CT molecular complexity index is 1550. The van der Waals surface area contributed by atoms with E-state index in [2.05, 4.69) is 17.2 Å². The molecule has 1 saturated carbocycles. The molecular weight excluding hydrogens is 660 g/mol. The quantitative estimate of drug-likeness (QED) is 0.349. The number of alkyl halides is 2. The summed E-state index contributed by atoms with van der Waals surface area (Å²) in [4.78, 5) is 57.1. The largest absolute Gasteiger partial charge is 0.444 e. The van der Waals surface area contributed by atoms with Crippen LogP contribution < -0.4 is 15.4 Å². The second-order valence-electron chi connectivity index (χ2n) is 14.0. The van der Waals surface area contributed by atoms with Crippen molar-refractivity contribution < 1.29 is 41.1 Å². The lowest BCUT2D eigenvalue weighted by Gasteiger charge is -2.32. The van der Waals surface area contributed by atoms with E-state index in [1.165, 1.54) is 11.0 Å². The van der Waals surface area contributed by atoms with Crippen LogP contribution in [0.25, 0.3) is 0 Å². The smallest absolute Gasteiger partial charge is 0.410 e. The first-order chi connectivity index (χ1) is 23.2. The number of carbonyl (C=O) groups is 4. The van der Waals surface area contributed by atoms with Gasteiger partial charge in [0.25, 0.3) is 11.8 Å². The Kier molecular flexibility index (Phi) is 11.3. The van der Waals surface area contributed by atoms with Crippen molar-refractivity contribution in [2.75, 3.05) is 13.1 Å². The Hall–Kier alpha value is -3.59. The topological polar surface area (TPSA) is 154 Å². The number of hydrogen-bond donors (Lipinski definition) is 3. The normalized spacial score (nSPS) is 25.5. The number of fused-ring (bicyclic) bond motifs is 3. The van der Waals surface area contributed by atoms with Gasteiger partial charge in [0.2, 0.25) is 21.8 Å². The van der Waals surface area contributed by atoms with Gasteiger partial charge in [0.15, 0.2) is 0 Å². The van der Waals surface area contributed by atoms with Crippen LogP contribution in [0.5, 0.6) is 0 Å². The summed E-state index contributed by atoms with van der Waals surface area (Å²) in [6, 6.07) is 2.22. The van der Waals surface area contributed by atoms with Gasteiger partial charge in [-0.2, -0.15) is 0 Å². The van der Waals surface area contributed by atoms with Crippen molar-refractivity contribution in [3.05, 3.63) is 47.5 Å². The summed E-state index contributed by atoms with van der Waals surface area (Å²) in [5.74, 6) is -5.85. The average molecular weight is 708 g/mol. The highest BCUT2D eigenvalue weighted by Crippen LogP contribution is 2.31. The molecule has 4 bridgehead atoms. The molecule has 3 N–H and O–H groups in total. The van der Waals surface area contributed by atoms with Gasteiger partial charge in [0.1, 0.15) is 18.2 Å². The number of ether oxygens (including phenoxy) is 1. The molecule has 4 atom stereocenters. The second-order valence-corrected chi connectivity index (χ2v) is 15.9. The summed E-state index contributed by atoms with van der Waals surface area (Å²) in [6.45, 7) is 6.76. The molecule has 1 unspecified atom stereocenters. The van der Waals surface area contributed by atoms with Gasteiger partial charge in [-0.05, 0) is 61.1 Å². The molecule has 3 heterocycles. The lowest BCUT2D eigenvalue weighted by atomic mass is 9.97. The fraction of sp³-hybridized carbons (Fsp3) is 0.647. The molecule has 270 valence electrons. The predicted molar refractivity (Wildman–Crippen MR) is 177 cm³/mol. The average Bonchev–Trinajstić information content (AvgIpc) is 3.68. The van der Waals surface area contributed by atoms with E-state index in [1.54, 1.807) is 18.7 Å². The standard InChI is InChI=1S/C34H47F2N5O7S/c1-4-9-27(30(42)39-49(46,47)25-13-14-25)38-31(43)28-16-24-18-41(28)32(44)29(21(2)3)37-20-34(35,36)15-7-5-6-10-22-11-8-12-23-17-40(19-26(22)23)33(45)48-24/h4,8,11-12,21,24-25,27-29,37H,1,5-7,9-10,13-20H2,2-3H3,(H,38,43)(H,39,42)/t24-,27?,28+,29+/m1/s1. The molecule has 5 rings (SSSR count). The Morgan fingerprint density at radius 1 is 1.14 bits per heavy atom. The summed E-state index contributed by atoms with van der Waals surface area (Å²) in [5, 5.41) is 4.63. The first-order valence-electron chi connectivity index (χ1n) is 17.1. The molecule has 4 amide bonds. The van der Waals surface area contributed by atoms with E-state index in [9.17, 15) is 27.6 Å². The summed E-state index contributed by atoms with van der Waals surface area (Å²) >= 11 is 0. The van der Waals surface area contributed by atoms with Gasteiger partial charge in [-0.3, -0.25) is 29.3 Å². The highest BCUT2D eigenvalue weighted by atomic mass is 32.2. The van der Waals surface area contributed by atoms with E-state index < -0.39 is 81.7 Å². The Morgan fingerprint density at radius 2 is 1.88 bits per heavy atom. The van der Waals surface area contributed by atoms with Crippen molar-refractivity contribution in [3.63, 3.8) is 0 Å². The highest BCUT2D eigenvalue weighted by Gasteiger charge is 2.46. The number of rotatable bonds is 8. The highest BCUT2D eigenvalue weighted by molar-refractivity contribution is 7.90.